The Morgan fingerprint density at radius 2 is 1.77 bits per heavy atom. The standard InChI is InChI=1S/C19H32N2O4S/c1-18(2,3)16(21-14-9-8-10-15(11-14)25-7)12-20-17(22)13-26(23,24)19(4,5)6/h8-11,16,21H,12-13H2,1-7H3,(H,20,22)/t16-/m0/s1. The van der Waals surface area contributed by atoms with Gasteiger partial charge in [-0.05, 0) is 38.3 Å². The predicted molar refractivity (Wildman–Crippen MR) is 106 cm³/mol. The van der Waals surface area contributed by atoms with Crippen LogP contribution in [0.4, 0.5) is 5.69 Å². The second kappa shape index (κ2) is 8.29. The minimum atomic E-state index is -3.50. The van der Waals surface area contributed by atoms with E-state index in [4.69, 9.17) is 4.74 Å². The van der Waals surface area contributed by atoms with Crippen LogP contribution in [0.25, 0.3) is 0 Å². The normalized spacial score (nSPS) is 13.8. The number of rotatable bonds is 7. The maximum Gasteiger partial charge on any atom is 0.235 e. The van der Waals surface area contributed by atoms with Crippen LogP contribution in [0.2, 0.25) is 0 Å². The molecule has 0 aliphatic rings. The Labute approximate surface area is 157 Å². The summed E-state index contributed by atoms with van der Waals surface area (Å²) < 4.78 is 28.6. The molecule has 0 fully saturated rings. The molecule has 0 aromatic heterocycles. The van der Waals surface area contributed by atoms with E-state index < -0.39 is 26.2 Å². The van der Waals surface area contributed by atoms with Crippen molar-refractivity contribution in [2.45, 2.75) is 52.3 Å². The second-order valence-corrected chi connectivity index (χ2v) is 11.2. The molecule has 148 valence electrons. The van der Waals surface area contributed by atoms with E-state index in [1.54, 1.807) is 27.9 Å². The molecule has 2 N–H and O–H groups in total. The van der Waals surface area contributed by atoms with Gasteiger partial charge in [0.05, 0.1) is 11.9 Å². The number of hydrogen-bond acceptors (Lipinski definition) is 5. The molecule has 6 nitrogen and oxygen atoms in total. The summed E-state index contributed by atoms with van der Waals surface area (Å²) in [5, 5.41) is 6.15. The van der Waals surface area contributed by atoms with Crippen LogP contribution >= 0.6 is 0 Å². The minimum Gasteiger partial charge on any atom is -0.497 e. The highest BCUT2D eigenvalue weighted by atomic mass is 32.2. The number of carbonyl (C=O) groups excluding carboxylic acids is 1. The predicted octanol–water partition coefficient (Wildman–Crippen LogP) is 2.85. The molecule has 7 heteroatoms. The molecule has 0 radical (unpaired) electrons. The van der Waals surface area contributed by atoms with Crippen LogP contribution in [0.15, 0.2) is 24.3 Å². The zero-order chi connectivity index (χ0) is 20.2. The van der Waals surface area contributed by atoms with Crippen LogP contribution in [0.5, 0.6) is 5.75 Å². The lowest BCUT2D eigenvalue weighted by Gasteiger charge is -2.32. The zero-order valence-corrected chi connectivity index (χ0v) is 17.7. The second-order valence-electron chi connectivity index (χ2n) is 8.47. The lowest BCUT2D eigenvalue weighted by Crippen LogP contribution is -2.46. The lowest BCUT2D eigenvalue weighted by atomic mass is 9.86. The van der Waals surface area contributed by atoms with Crippen molar-refractivity contribution in [2.24, 2.45) is 5.41 Å². The van der Waals surface area contributed by atoms with Gasteiger partial charge in [-0.15, -0.1) is 0 Å². The van der Waals surface area contributed by atoms with Gasteiger partial charge in [0.1, 0.15) is 11.5 Å². The van der Waals surface area contributed by atoms with Gasteiger partial charge in [0.15, 0.2) is 9.84 Å². The first-order valence-corrected chi connectivity index (χ1v) is 10.3. The van der Waals surface area contributed by atoms with E-state index in [2.05, 4.69) is 31.4 Å². The molecule has 0 bridgehead atoms. The van der Waals surface area contributed by atoms with Crippen molar-refractivity contribution < 1.29 is 17.9 Å². The molecule has 0 aliphatic carbocycles. The van der Waals surface area contributed by atoms with Gasteiger partial charge < -0.3 is 15.4 Å². The number of benzene rings is 1. The topological polar surface area (TPSA) is 84.5 Å². The van der Waals surface area contributed by atoms with Crippen molar-refractivity contribution in [2.75, 3.05) is 24.7 Å². The van der Waals surface area contributed by atoms with Gasteiger partial charge in [-0.3, -0.25) is 4.79 Å². The number of amides is 1. The van der Waals surface area contributed by atoms with Gasteiger partial charge in [-0.25, -0.2) is 8.42 Å². The van der Waals surface area contributed by atoms with Crippen LogP contribution in [0.1, 0.15) is 41.5 Å². The summed E-state index contributed by atoms with van der Waals surface area (Å²) >= 11 is 0. The third-order valence-corrected chi connectivity index (χ3v) is 6.72. The molecular formula is C19H32N2O4S. The number of carbonyl (C=O) groups is 1. The van der Waals surface area contributed by atoms with Gasteiger partial charge in [-0.1, -0.05) is 26.8 Å². The largest absolute Gasteiger partial charge is 0.497 e. The average molecular weight is 385 g/mol. The lowest BCUT2D eigenvalue weighted by molar-refractivity contribution is -0.118. The molecule has 0 unspecified atom stereocenters. The van der Waals surface area contributed by atoms with Crippen molar-refractivity contribution in [3.8, 4) is 5.75 Å². The SMILES string of the molecule is COc1cccc(N[C@@H](CNC(=O)CS(=O)(=O)C(C)(C)C)C(C)(C)C)c1. The van der Waals surface area contributed by atoms with Crippen LogP contribution < -0.4 is 15.4 Å². The number of ether oxygens (including phenoxy) is 1. The Balaban J connectivity index is 2.79. The maximum atomic E-state index is 12.2. The van der Waals surface area contributed by atoms with Crippen molar-refractivity contribution in [1.82, 2.24) is 5.32 Å². The van der Waals surface area contributed by atoms with E-state index in [1.807, 2.05) is 24.3 Å². The number of anilines is 1. The summed E-state index contributed by atoms with van der Waals surface area (Å²) in [4.78, 5) is 12.2. The highest BCUT2D eigenvalue weighted by Crippen LogP contribution is 2.25. The van der Waals surface area contributed by atoms with E-state index in [-0.39, 0.29) is 11.5 Å². The number of hydrogen-bond donors (Lipinski definition) is 2. The van der Waals surface area contributed by atoms with E-state index in [0.717, 1.165) is 11.4 Å². The van der Waals surface area contributed by atoms with Crippen molar-refractivity contribution in [1.29, 1.82) is 0 Å². The van der Waals surface area contributed by atoms with Crippen molar-refractivity contribution in [3.63, 3.8) is 0 Å². The Morgan fingerprint density at radius 3 is 2.27 bits per heavy atom. The average Bonchev–Trinajstić information content (AvgIpc) is 2.48. The quantitative estimate of drug-likeness (QED) is 0.755. The van der Waals surface area contributed by atoms with E-state index in [0.29, 0.717) is 6.54 Å². The molecule has 0 saturated carbocycles. The fraction of sp³-hybridized carbons (Fsp3) is 0.632. The first-order valence-electron chi connectivity index (χ1n) is 8.66. The smallest absolute Gasteiger partial charge is 0.235 e. The Kier molecular flexibility index (Phi) is 7.10. The van der Waals surface area contributed by atoms with Crippen LogP contribution in [-0.4, -0.2) is 44.5 Å². The van der Waals surface area contributed by atoms with Crippen LogP contribution in [0, 0.1) is 5.41 Å². The van der Waals surface area contributed by atoms with E-state index in [1.165, 1.54) is 0 Å². The first-order chi connectivity index (χ1) is 11.8. The Bertz CT molecular complexity index is 716. The fourth-order valence-corrected chi connectivity index (χ4v) is 3.02. The summed E-state index contributed by atoms with van der Waals surface area (Å²) in [6.45, 7) is 11.3. The molecule has 1 atom stereocenters. The monoisotopic (exact) mass is 384 g/mol. The summed E-state index contributed by atoms with van der Waals surface area (Å²) in [7, 11) is -1.89. The van der Waals surface area contributed by atoms with Gasteiger partial charge >= 0.3 is 0 Å². The highest BCUT2D eigenvalue weighted by Gasteiger charge is 2.32. The zero-order valence-electron chi connectivity index (χ0n) is 16.8. The van der Waals surface area contributed by atoms with Crippen LogP contribution in [0.3, 0.4) is 0 Å². The third kappa shape index (κ3) is 6.52. The molecule has 1 rings (SSSR count). The van der Waals surface area contributed by atoms with Crippen LogP contribution in [-0.2, 0) is 14.6 Å². The molecule has 0 spiro atoms. The fourth-order valence-electron chi connectivity index (χ4n) is 2.14. The maximum absolute atomic E-state index is 12.2. The van der Waals surface area contributed by atoms with Gasteiger partial charge in [0, 0.05) is 24.3 Å². The van der Waals surface area contributed by atoms with Gasteiger partial charge in [0.25, 0.3) is 0 Å². The minimum absolute atomic E-state index is 0.0871. The molecule has 0 heterocycles. The highest BCUT2D eigenvalue weighted by molar-refractivity contribution is 7.93. The first kappa shape index (κ1) is 22.3. The van der Waals surface area contributed by atoms with E-state index in [9.17, 15) is 13.2 Å². The van der Waals surface area contributed by atoms with Gasteiger partial charge in [-0.2, -0.15) is 0 Å². The number of methoxy groups -OCH3 is 1. The summed E-state index contributed by atoms with van der Waals surface area (Å²) in [5.74, 6) is -0.253. The summed E-state index contributed by atoms with van der Waals surface area (Å²) in [5.41, 5.74) is 0.722. The molecule has 26 heavy (non-hydrogen) atoms. The summed E-state index contributed by atoms with van der Waals surface area (Å²) in [6, 6.07) is 7.46. The van der Waals surface area contributed by atoms with Gasteiger partial charge in [0.2, 0.25) is 5.91 Å². The Morgan fingerprint density at radius 1 is 1.15 bits per heavy atom. The molecule has 1 aromatic rings. The molecule has 1 amide bonds. The summed E-state index contributed by atoms with van der Waals surface area (Å²) in [6.07, 6.45) is 0. The molecule has 0 saturated heterocycles. The molecule has 0 aliphatic heterocycles. The van der Waals surface area contributed by atoms with Crippen molar-refractivity contribution in [3.05, 3.63) is 24.3 Å². The number of nitrogens with one attached hydrogen (secondary N) is 2. The Hall–Kier alpha value is -1.76. The number of sulfone groups is 1. The molecular weight excluding hydrogens is 352 g/mol. The molecule has 1 aromatic carbocycles. The van der Waals surface area contributed by atoms with E-state index >= 15 is 0 Å². The third-order valence-electron chi connectivity index (χ3n) is 4.21. The van der Waals surface area contributed by atoms with Crippen molar-refractivity contribution >= 4 is 21.4 Å².